The molecule has 0 saturated carbocycles. The second kappa shape index (κ2) is 7.79. The van der Waals surface area contributed by atoms with Crippen LogP contribution in [0.4, 0.5) is 0 Å². The minimum absolute atomic E-state index is 0.144. The number of carbonyl (C=O) groups excluding carboxylic acids is 2. The first-order chi connectivity index (χ1) is 11.6. The van der Waals surface area contributed by atoms with Crippen molar-refractivity contribution in [2.24, 2.45) is 5.92 Å². The molecule has 24 heavy (non-hydrogen) atoms. The van der Waals surface area contributed by atoms with Gasteiger partial charge in [-0.25, -0.2) is 0 Å². The Morgan fingerprint density at radius 2 is 2.08 bits per heavy atom. The van der Waals surface area contributed by atoms with E-state index in [1.54, 1.807) is 0 Å². The molecule has 3 atom stereocenters. The molecule has 2 fully saturated rings. The summed E-state index contributed by atoms with van der Waals surface area (Å²) in [5.41, 5.74) is 1.25. The zero-order valence-electron chi connectivity index (χ0n) is 14.1. The monoisotopic (exact) mass is 331 g/mol. The Balaban J connectivity index is 1.71. The van der Waals surface area contributed by atoms with Crippen LogP contribution in [0.3, 0.4) is 0 Å². The molecule has 5 heteroatoms. The minimum atomic E-state index is -0.291. The van der Waals surface area contributed by atoms with Crippen LogP contribution in [0, 0.1) is 5.92 Å². The predicted octanol–water partition coefficient (Wildman–Crippen LogP) is 2.54. The van der Waals surface area contributed by atoms with Gasteiger partial charge in [0.2, 0.25) is 0 Å². The lowest BCUT2D eigenvalue weighted by Crippen LogP contribution is -2.40. The van der Waals surface area contributed by atoms with Crippen LogP contribution in [0.2, 0.25) is 0 Å². The fourth-order valence-electron chi connectivity index (χ4n) is 3.87. The van der Waals surface area contributed by atoms with Crippen molar-refractivity contribution in [3.05, 3.63) is 35.9 Å². The molecule has 2 heterocycles. The third-order valence-electron chi connectivity index (χ3n) is 4.94. The van der Waals surface area contributed by atoms with E-state index in [1.165, 1.54) is 12.5 Å². The number of ether oxygens (including phenoxy) is 2. The molecule has 0 aromatic heterocycles. The summed E-state index contributed by atoms with van der Waals surface area (Å²) < 4.78 is 10.8. The Morgan fingerprint density at radius 1 is 1.29 bits per heavy atom. The van der Waals surface area contributed by atoms with Crippen LogP contribution in [0.5, 0.6) is 0 Å². The van der Waals surface area contributed by atoms with E-state index >= 15 is 0 Å². The normalized spacial score (nSPS) is 28.2. The molecule has 3 rings (SSSR count). The number of carbonyl (C=O) groups is 2. The van der Waals surface area contributed by atoms with Crippen molar-refractivity contribution in [1.82, 2.24) is 4.90 Å². The summed E-state index contributed by atoms with van der Waals surface area (Å²) in [6.45, 7) is 3.58. The van der Waals surface area contributed by atoms with Crippen LogP contribution in [0.1, 0.15) is 38.2 Å². The summed E-state index contributed by atoms with van der Waals surface area (Å²) in [4.78, 5) is 26.1. The molecule has 0 aliphatic carbocycles. The van der Waals surface area contributed by atoms with Crippen molar-refractivity contribution >= 4 is 11.9 Å². The lowest BCUT2D eigenvalue weighted by Gasteiger charge is -2.30. The topological polar surface area (TPSA) is 55.8 Å². The average molecular weight is 331 g/mol. The van der Waals surface area contributed by atoms with Crippen LogP contribution in [-0.2, 0) is 25.6 Å². The van der Waals surface area contributed by atoms with Crippen molar-refractivity contribution in [1.29, 1.82) is 0 Å². The summed E-state index contributed by atoms with van der Waals surface area (Å²) in [7, 11) is 0. The van der Waals surface area contributed by atoms with Crippen LogP contribution >= 0.6 is 0 Å². The fourth-order valence-corrected chi connectivity index (χ4v) is 3.87. The van der Waals surface area contributed by atoms with Gasteiger partial charge in [0.1, 0.15) is 6.10 Å². The number of rotatable bonds is 4. The van der Waals surface area contributed by atoms with E-state index in [0.717, 1.165) is 25.9 Å². The quantitative estimate of drug-likeness (QED) is 0.794. The Labute approximate surface area is 142 Å². The van der Waals surface area contributed by atoms with E-state index in [0.29, 0.717) is 19.4 Å². The zero-order valence-corrected chi connectivity index (χ0v) is 14.1. The lowest BCUT2D eigenvalue weighted by atomic mass is 9.91. The number of hydrogen-bond acceptors (Lipinski definition) is 5. The summed E-state index contributed by atoms with van der Waals surface area (Å²) in [5.74, 6) is -0.654. The molecule has 0 spiro atoms. The number of likely N-dealkylation sites (tertiary alicyclic amines) is 1. The van der Waals surface area contributed by atoms with Gasteiger partial charge in [0.15, 0.2) is 0 Å². The average Bonchev–Trinajstić information content (AvgIpc) is 2.92. The molecule has 2 saturated heterocycles. The van der Waals surface area contributed by atoms with E-state index in [1.807, 2.05) is 18.2 Å². The van der Waals surface area contributed by atoms with E-state index < -0.39 is 0 Å². The second-order valence-corrected chi connectivity index (χ2v) is 6.70. The molecule has 130 valence electrons. The number of nitrogens with zero attached hydrogens (tertiary/aromatic N) is 1. The molecule has 0 radical (unpaired) electrons. The molecular formula is C19H25NO4. The summed E-state index contributed by atoms with van der Waals surface area (Å²) in [6.07, 6.45) is 3.00. The van der Waals surface area contributed by atoms with Crippen LogP contribution in [-0.4, -0.2) is 42.1 Å². The molecule has 0 N–H and O–H groups in total. The van der Waals surface area contributed by atoms with Gasteiger partial charge < -0.3 is 9.47 Å². The van der Waals surface area contributed by atoms with Crippen molar-refractivity contribution in [2.75, 3.05) is 13.2 Å². The molecule has 1 aromatic rings. The number of benzene rings is 1. The van der Waals surface area contributed by atoms with Gasteiger partial charge >= 0.3 is 11.9 Å². The van der Waals surface area contributed by atoms with Gasteiger partial charge in [-0.3, -0.25) is 14.5 Å². The maximum Gasteiger partial charge on any atom is 0.310 e. The van der Waals surface area contributed by atoms with Crippen molar-refractivity contribution in [3.63, 3.8) is 0 Å². The first-order valence-electron chi connectivity index (χ1n) is 8.75. The molecule has 2 aliphatic rings. The van der Waals surface area contributed by atoms with Crippen molar-refractivity contribution in [2.45, 2.75) is 51.3 Å². The molecule has 0 bridgehead atoms. The van der Waals surface area contributed by atoms with Crippen LogP contribution < -0.4 is 0 Å². The van der Waals surface area contributed by atoms with Gasteiger partial charge in [0.05, 0.1) is 12.5 Å². The van der Waals surface area contributed by atoms with E-state index in [4.69, 9.17) is 9.47 Å². The fraction of sp³-hybridized carbons (Fsp3) is 0.579. The highest BCUT2D eigenvalue weighted by Crippen LogP contribution is 2.32. The highest BCUT2D eigenvalue weighted by Gasteiger charge is 2.40. The van der Waals surface area contributed by atoms with E-state index in [9.17, 15) is 9.59 Å². The van der Waals surface area contributed by atoms with Crippen LogP contribution in [0.15, 0.2) is 30.3 Å². The molecule has 5 nitrogen and oxygen atoms in total. The highest BCUT2D eigenvalue weighted by atomic mass is 16.6. The first kappa shape index (κ1) is 17.0. The zero-order chi connectivity index (χ0) is 16.9. The first-order valence-corrected chi connectivity index (χ1v) is 8.75. The number of cyclic esters (lactones) is 1. The maximum atomic E-state index is 12.4. The molecule has 2 aliphatic heterocycles. The Morgan fingerprint density at radius 3 is 2.83 bits per heavy atom. The van der Waals surface area contributed by atoms with Gasteiger partial charge in [0, 0.05) is 25.9 Å². The van der Waals surface area contributed by atoms with E-state index in [-0.39, 0.29) is 30.0 Å². The van der Waals surface area contributed by atoms with Gasteiger partial charge in [0.25, 0.3) is 0 Å². The summed E-state index contributed by atoms with van der Waals surface area (Å²) in [6, 6.07) is 10.5. The standard InChI is InChI=1S/C19H25NO4/c1-14(21)24-16-9-11-23-19(22)17(12-16)18-8-5-10-20(18)13-15-6-3-2-4-7-15/h2-4,6-7,16-18H,5,8-13H2,1H3/t16-,17-,18+/m0/s1. The van der Waals surface area contributed by atoms with Crippen molar-refractivity contribution in [3.8, 4) is 0 Å². The Hall–Kier alpha value is -1.88. The van der Waals surface area contributed by atoms with Gasteiger partial charge in [-0.1, -0.05) is 30.3 Å². The SMILES string of the molecule is CC(=O)O[C@H]1CCOC(=O)[C@H]([C@H]2CCCN2Cc2ccccc2)C1. The van der Waals surface area contributed by atoms with E-state index in [2.05, 4.69) is 17.0 Å². The second-order valence-electron chi connectivity index (χ2n) is 6.70. The van der Waals surface area contributed by atoms with Crippen molar-refractivity contribution < 1.29 is 19.1 Å². The predicted molar refractivity (Wildman–Crippen MR) is 89.1 cm³/mol. The third-order valence-corrected chi connectivity index (χ3v) is 4.94. The summed E-state index contributed by atoms with van der Waals surface area (Å²) in [5, 5.41) is 0. The molecular weight excluding hydrogens is 306 g/mol. The Bertz CT molecular complexity index is 574. The van der Waals surface area contributed by atoms with Gasteiger partial charge in [-0.15, -0.1) is 0 Å². The maximum absolute atomic E-state index is 12.4. The third kappa shape index (κ3) is 4.15. The highest BCUT2D eigenvalue weighted by molar-refractivity contribution is 5.74. The number of esters is 2. The van der Waals surface area contributed by atoms with Crippen LogP contribution in [0.25, 0.3) is 0 Å². The largest absolute Gasteiger partial charge is 0.465 e. The minimum Gasteiger partial charge on any atom is -0.465 e. The van der Waals surface area contributed by atoms with Gasteiger partial charge in [-0.2, -0.15) is 0 Å². The van der Waals surface area contributed by atoms with Gasteiger partial charge in [-0.05, 0) is 31.4 Å². The number of hydrogen-bond donors (Lipinski definition) is 0. The molecule has 0 amide bonds. The smallest absolute Gasteiger partial charge is 0.310 e. The molecule has 1 aromatic carbocycles. The lowest BCUT2D eigenvalue weighted by molar-refractivity contribution is -0.151. The molecule has 0 unspecified atom stereocenters. The summed E-state index contributed by atoms with van der Waals surface area (Å²) >= 11 is 0. The Kier molecular flexibility index (Phi) is 5.51.